The fraction of sp³-hybridized carbons (Fsp3) is 0.643. The number of carbonyl (C=O) groups is 2. The molecule has 0 atom stereocenters. The molecule has 1 aliphatic rings. The van der Waals surface area contributed by atoms with E-state index in [0.29, 0.717) is 25.9 Å². The molecule has 21 heavy (non-hydrogen) atoms. The molecule has 0 unspecified atom stereocenters. The van der Waals surface area contributed by atoms with Crippen LogP contribution in [0, 0.1) is 5.41 Å². The quantitative estimate of drug-likeness (QED) is 0.897. The molecule has 2 N–H and O–H groups in total. The minimum absolute atomic E-state index is 0.164. The summed E-state index contributed by atoms with van der Waals surface area (Å²) in [6, 6.07) is -0.164. The van der Waals surface area contributed by atoms with E-state index in [9.17, 15) is 14.7 Å². The summed E-state index contributed by atoms with van der Waals surface area (Å²) >= 11 is 1.50. The molecule has 1 fully saturated rings. The molecule has 1 saturated heterocycles. The van der Waals surface area contributed by atoms with Gasteiger partial charge in [-0.3, -0.25) is 4.79 Å². The maximum atomic E-state index is 12.3. The Morgan fingerprint density at radius 3 is 2.52 bits per heavy atom. The number of amides is 2. The van der Waals surface area contributed by atoms with Gasteiger partial charge in [-0.15, -0.1) is 11.3 Å². The van der Waals surface area contributed by atoms with Crippen molar-refractivity contribution in [2.24, 2.45) is 5.41 Å². The molecular formula is C14H21N3O3S. The third-order valence-corrected chi connectivity index (χ3v) is 5.15. The maximum absolute atomic E-state index is 12.3. The second-order valence-corrected chi connectivity index (χ2v) is 7.14. The van der Waals surface area contributed by atoms with Crippen LogP contribution in [0.15, 0.2) is 11.6 Å². The standard InChI is InChI=1S/C14H21N3O3S/c1-13(2,10-15-6-9-21-10)16-12(20)17-7-4-14(3,5-8-17)11(18)19/h6,9H,4-5,7-8H2,1-3H3,(H,16,20)(H,18,19). The van der Waals surface area contributed by atoms with Gasteiger partial charge in [0, 0.05) is 24.7 Å². The van der Waals surface area contributed by atoms with E-state index < -0.39 is 16.9 Å². The molecule has 1 aromatic rings. The van der Waals surface area contributed by atoms with Crippen molar-refractivity contribution in [3.8, 4) is 0 Å². The van der Waals surface area contributed by atoms with Gasteiger partial charge < -0.3 is 15.3 Å². The lowest BCUT2D eigenvalue weighted by Crippen LogP contribution is -2.52. The van der Waals surface area contributed by atoms with E-state index in [1.54, 1.807) is 18.0 Å². The van der Waals surface area contributed by atoms with Crippen LogP contribution in [0.25, 0.3) is 0 Å². The van der Waals surface area contributed by atoms with Crippen molar-refractivity contribution in [2.75, 3.05) is 13.1 Å². The SMILES string of the molecule is CC1(C(=O)O)CCN(C(=O)NC(C)(C)c2nccs2)CC1. The molecule has 0 aliphatic carbocycles. The van der Waals surface area contributed by atoms with Crippen molar-refractivity contribution in [2.45, 2.75) is 39.2 Å². The highest BCUT2D eigenvalue weighted by molar-refractivity contribution is 7.09. The summed E-state index contributed by atoms with van der Waals surface area (Å²) in [4.78, 5) is 29.5. The number of aromatic nitrogens is 1. The van der Waals surface area contributed by atoms with Crippen molar-refractivity contribution in [1.82, 2.24) is 15.2 Å². The molecule has 0 saturated carbocycles. The Kier molecular flexibility index (Phi) is 4.22. The Labute approximate surface area is 128 Å². The summed E-state index contributed by atoms with van der Waals surface area (Å²) in [7, 11) is 0. The minimum atomic E-state index is -0.786. The summed E-state index contributed by atoms with van der Waals surface area (Å²) in [6.07, 6.45) is 2.67. The maximum Gasteiger partial charge on any atom is 0.318 e. The topological polar surface area (TPSA) is 82.5 Å². The second-order valence-electron chi connectivity index (χ2n) is 6.25. The Bertz CT molecular complexity index is 520. The summed E-state index contributed by atoms with van der Waals surface area (Å²) in [5.41, 5.74) is -1.25. The zero-order valence-electron chi connectivity index (χ0n) is 12.5. The lowest BCUT2D eigenvalue weighted by Gasteiger charge is -2.38. The minimum Gasteiger partial charge on any atom is -0.481 e. The number of likely N-dealkylation sites (tertiary alicyclic amines) is 1. The number of carbonyl (C=O) groups excluding carboxylic acids is 1. The monoisotopic (exact) mass is 311 g/mol. The van der Waals surface area contributed by atoms with Gasteiger partial charge in [0.25, 0.3) is 0 Å². The van der Waals surface area contributed by atoms with E-state index in [2.05, 4.69) is 10.3 Å². The van der Waals surface area contributed by atoms with Crippen molar-refractivity contribution >= 4 is 23.3 Å². The predicted molar refractivity (Wildman–Crippen MR) is 80.2 cm³/mol. The highest BCUT2D eigenvalue weighted by Crippen LogP contribution is 2.31. The van der Waals surface area contributed by atoms with Crippen molar-refractivity contribution in [3.63, 3.8) is 0 Å². The summed E-state index contributed by atoms with van der Waals surface area (Å²) in [6.45, 7) is 6.49. The van der Waals surface area contributed by atoms with Gasteiger partial charge in [-0.25, -0.2) is 9.78 Å². The van der Waals surface area contributed by atoms with E-state index in [1.165, 1.54) is 11.3 Å². The Morgan fingerprint density at radius 2 is 2.05 bits per heavy atom. The lowest BCUT2D eigenvalue weighted by atomic mass is 9.80. The predicted octanol–water partition coefficient (Wildman–Crippen LogP) is 2.27. The Balaban J connectivity index is 1.95. The Morgan fingerprint density at radius 1 is 1.43 bits per heavy atom. The van der Waals surface area contributed by atoms with Crippen LogP contribution in [0.2, 0.25) is 0 Å². The molecule has 1 aromatic heterocycles. The third-order valence-electron chi connectivity index (χ3n) is 4.06. The first-order valence-electron chi connectivity index (χ1n) is 6.95. The van der Waals surface area contributed by atoms with Crippen molar-refractivity contribution in [1.29, 1.82) is 0 Å². The van der Waals surface area contributed by atoms with Crippen molar-refractivity contribution in [3.05, 3.63) is 16.6 Å². The highest BCUT2D eigenvalue weighted by atomic mass is 32.1. The van der Waals surface area contributed by atoms with Gasteiger partial charge in [0.15, 0.2) is 0 Å². The molecule has 6 nitrogen and oxygen atoms in total. The normalized spacial score (nSPS) is 18.3. The number of hydrogen-bond acceptors (Lipinski definition) is 4. The van der Waals surface area contributed by atoms with E-state index in [4.69, 9.17) is 0 Å². The molecule has 7 heteroatoms. The molecular weight excluding hydrogens is 290 g/mol. The highest BCUT2D eigenvalue weighted by Gasteiger charge is 2.39. The molecule has 0 spiro atoms. The molecule has 2 rings (SSSR count). The van der Waals surface area contributed by atoms with Crippen LogP contribution in [0.3, 0.4) is 0 Å². The van der Waals surface area contributed by atoms with Crippen LogP contribution >= 0.6 is 11.3 Å². The van der Waals surface area contributed by atoms with Gasteiger partial charge in [0.05, 0.1) is 11.0 Å². The largest absolute Gasteiger partial charge is 0.481 e. The zero-order chi connectivity index (χ0) is 15.7. The molecule has 0 bridgehead atoms. The van der Waals surface area contributed by atoms with E-state index >= 15 is 0 Å². The number of hydrogen-bond donors (Lipinski definition) is 2. The van der Waals surface area contributed by atoms with Crippen LogP contribution in [-0.4, -0.2) is 40.1 Å². The van der Waals surface area contributed by atoms with Gasteiger partial charge >= 0.3 is 12.0 Å². The second kappa shape index (κ2) is 5.63. The Hall–Kier alpha value is -1.63. The van der Waals surface area contributed by atoms with E-state index in [1.807, 2.05) is 19.2 Å². The first-order chi connectivity index (χ1) is 9.74. The fourth-order valence-corrected chi connectivity index (χ4v) is 3.07. The number of thiazole rings is 1. The summed E-state index contributed by atoms with van der Waals surface area (Å²) in [5.74, 6) is -0.786. The average Bonchev–Trinajstić information content (AvgIpc) is 2.93. The number of aliphatic carboxylic acids is 1. The number of piperidine rings is 1. The first-order valence-corrected chi connectivity index (χ1v) is 7.83. The number of carboxylic acid groups (broad SMARTS) is 1. The van der Waals surface area contributed by atoms with E-state index in [-0.39, 0.29) is 6.03 Å². The molecule has 0 aromatic carbocycles. The van der Waals surface area contributed by atoms with Crippen LogP contribution in [0.1, 0.15) is 38.6 Å². The molecule has 0 radical (unpaired) electrons. The van der Waals surface area contributed by atoms with Crippen LogP contribution in [0.5, 0.6) is 0 Å². The smallest absolute Gasteiger partial charge is 0.318 e. The zero-order valence-corrected chi connectivity index (χ0v) is 13.4. The van der Waals surface area contributed by atoms with Gasteiger partial charge in [-0.1, -0.05) is 0 Å². The number of nitrogens with one attached hydrogen (secondary N) is 1. The van der Waals surface area contributed by atoms with Gasteiger partial charge in [-0.05, 0) is 33.6 Å². The molecule has 2 amide bonds. The fourth-order valence-electron chi connectivity index (χ4n) is 2.35. The van der Waals surface area contributed by atoms with Crippen LogP contribution in [0.4, 0.5) is 4.79 Å². The van der Waals surface area contributed by atoms with Crippen molar-refractivity contribution < 1.29 is 14.7 Å². The molecule has 116 valence electrons. The number of carboxylic acids is 1. The van der Waals surface area contributed by atoms with Crippen LogP contribution < -0.4 is 5.32 Å². The summed E-state index contributed by atoms with van der Waals surface area (Å²) in [5, 5.41) is 14.9. The van der Waals surface area contributed by atoms with E-state index in [0.717, 1.165) is 5.01 Å². The molecule has 1 aliphatic heterocycles. The van der Waals surface area contributed by atoms with Gasteiger partial charge in [0.2, 0.25) is 0 Å². The van der Waals surface area contributed by atoms with Crippen LogP contribution in [-0.2, 0) is 10.3 Å². The number of rotatable bonds is 3. The number of urea groups is 1. The summed E-state index contributed by atoms with van der Waals surface area (Å²) < 4.78 is 0. The third kappa shape index (κ3) is 3.34. The molecule has 2 heterocycles. The van der Waals surface area contributed by atoms with Gasteiger partial charge in [-0.2, -0.15) is 0 Å². The average molecular weight is 311 g/mol. The number of nitrogens with zero attached hydrogens (tertiary/aromatic N) is 2. The lowest BCUT2D eigenvalue weighted by molar-refractivity contribution is -0.150. The van der Waals surface area contributed by atoms with Gasteiger partial charge in [0.1, 0.15) is 5.01 Å². The first kappa shape index (κ1) is 15.8.